The second-order valence-corrected chi connectivity index (χ2v) is 9.79. The van der Waals surface area contributed by atoms with Gasteiger partial charge in [-0.05, 0) is 20.8 Å². The van der Waals surface area contributed by atoms with Crippen LogP contribution in [0.15, 0.2) is 0 Å². The highest BCUT2D eigenvalue weighted by Crippen LogP contribution is 2.35. The van der Waals surface area contributed by atoms with Gasteiger partial charge in [0.2, 0.25) is 0 Å². The summed E-state index contributed by atoms with van der Waals surface area (Å²) in [5.41, 5.74) is -0.398. The first-order chi connectivity index (χ1) is 12.5. The van der Waals surface area contributed by atoms with Crippen molar-refractivity contribution in [2.24, 2.45) is 5.41 Å². The average Bonchev–Trinajstić information content (AvgIpc) is 2.57. The summed E-state index contributed by atoms with van der Waals surface area (Å²) in [5, 5.41) is 3.09. The van der Waals surface area contributed by atoms with Crippen LogP contribution in [0.5, 0.6) is 0 Å². The standard InChI is InChI=1S/C17H33ClNO6PS/c1-12(2)25-15(20)13(3)19-26(24-11-14(10-18)22-7)23-8-9-27-16(21)17(4,5)6/h12-14,19H,8-11H2,1-7H3. The van der Waals surface area contributed by atoms with Crippen molar-refractivity contribution < 1.29 is 28.1 Å². The van der Waals surface area contributed by atoms with Crippen LogP contribution in [-0.2, 0) is 28.1 Å². The van der Waals surface area contributed by atoms with E-state index in [4.69, 9.17) is 30.1 Å². The molecule has 0 aliphatic rings. The zero-order valence-electron chi connectivity index (χ0n) is 17.2. The number of nitrogens with one attached hydrogen (secondary N) is 1. The van der Waals surface area contributed by atoms with E-state index in [1.165, 1.54) is 11.8 Å². The minimum atomic E-state index is -1.57. The maximum absolute atomic E-state index is 12.0. The van der Waals surface area contributed by atoms with Gasteiger partial charge < -0.3 is 18.5 Å². The monoisotopic (exact) mass is 445 g/mol. The fourth-order valence-electron chi connectivity index (χ4n) is 1.45. The lowest BCUT2D eigenvalue weighted by Crippen LogP contribution is -2.35. The Kier molecular flexibility index (Phi) is 14.1. The smallest absolute Gasteiger partial charge is 0.323 e. The van der Waals surface area contributed by atoms with Crippen molar-refractivity contribution in [1.82, 2.24) is 5.09 Å². The molecule has 0 fully saturated rings. The van der Waals surface area contributed by atoms with Gasteiger partial charge in [-0.25, -0.2) is 5.09 Å². The summed E-state index contributed by atoms with van der Waals surface area (Å²) in [5.74, 6) is 0.386. The van der Waals surface area contributed by atoms with Crippen molar-refractivity contribution >= 4 is 43.0 Å². The first-order valence-electron chi connectivity index (χ1n) is 8.79. The van der Waals surface area contributed by atoms with E-state index in [2.05, 4.69) is 5.09 Å². The van der Waals surface area contributed by atoms with Crippen LogP contribution in [0, 0.1) is 5.41 Å². The number of hydrogen-bond donors (Lipinski definition) is 1. The normalized spacial score (nSPS) is 15.4. The Labute approximate surface area is 173 Å². The van der Waals surface area contributed by atoms with Gasteiger partial charge in [0.1, 0.15) is 6.04 Å². The predicted molar refractivity (Wildman–Crippen MR) is 111 cm³/mol. The first kappa shape index (κ1) is 27.0. The molecule has 7 nitrogen and oxygen atoms in total. The van der Waals surface area contributed by atoms with E-state index in [1.807, 2.05) is 20.8 Å². The van der Waals surface area contributed by atoms with Crippen molar-refractivity contribution in [3.63, 3.8) is 0 Å². The van der Waals surface area contributed by atoms with E-state index < -0.39 is 20.0 Å². The predicted octanol–water partition coefficient (Wildman–Crippen LogP) is 3.74. The molecule has 160 valence electrons. The number of esters is 1. The van der Waals surface area contributed by atoms with E-state index in [1.54, 1.807) is 27.9 Å². The van der Waals surface area contributed by atoms with Crippen molar-refractivity contribution in [3.8, 4) is 0 Å². The number of rotatable bonds is 13. The Morgan fingerprint density at radius 2 is 1.81 bits per heavy atom. The summed E-state index contributed by atoms with van der Waals surface area (Å²) in [6, 6.07) is -0.598. The van der Waals surface area contributed by atoms with Crippen LogP contribution in [0.4, 0.5) is 0 Å². The summed E-state index contributed by atoms with van der Waals surface area (Å²) in [4.78, 5) is 23.9. The molecule has 0 amide bonds. The zero-order valence-corrected chi connectivity index (χ0v) is 19.7. The molecule has 0 saturated carbocycles. The van der Waals surface area contributed by atoms with Gasteiger partial charge in [0.25, 0.3) is 8.53 Å². The summed E-state index contributed by atoms with van der Waals surface area (Å²) in [7, 11) is -0.0286. The SMILES string of the molecule is COC(CCl)COP(NC(C)C(=O)OC(C)C)OCCSC(=O)C(C)(C)C. The highest BCUT2D eigenvalue weighted by molar-refractivity contribution is 8.13. The van der Waals surface area contributed by atoms with Gasteiger partial charge in [0.15, 0.2) is 5.12 Å². The molecule has 0 saturated heterocycles. The lowest BCUT2D eigenvalue weighted by molar-refractivity contribution is -0.149. The van der Waals surface area contributed by atoms with Gasteiger partial charge in [-0.15, -0.1) is 11.6 Å². The quantitative estimate of drug-likeness (QED) is 0.199. The lowest BCUT2D eigenvalue weighted by Gasteiger charge is -2.23. The van der Waals surface area contributed by atoms with E-state index in [-0.39, 0.29) is 35.8 Å². The molecule has 0 radical (unpaired) electrons. The molecular formula is C17H33ClNO6PS. The number of thioether (sulfide) groups is 1. The Balaban J connectivity index is 4.59. The third kappa shape index (κ3) is 13.0. The van der Waals surface area contributed by atoms with E-state index in [9.17, 15) is 9.59 Å². The molecule has 0 spiro atoms. The highest BCUT2D eigenvalue weighted by Gasteiger charge is 2.24. The summed E-state index contributed by atoms with van der Waals surface area (Å²) in [6.45, 7) is 11.4. The zero-order chi connectivity index (χ0) is 21.0. The molecule has 0 aromatic heterocycles. The minimum Gasteiger partial charge on any atom is -0.462 e. The average molecular weight is 446 g/mol. The van der Waals surface area contributed by atoms with E-state index >= 15 is 0 Å². The van der Waals surface area contributed by atoms with Gasteiger partial charge in [-0.3, -0.25) is 9.59 Å². The van der Waals surface area contributed by atoms with E-state index in [0.29, 0.717) is 12.4 Å². The number of ether oxygens (including phenoxy) is 2. The topological polar surface area (TPSA) is 83.1 Å². The molecule has 3 atom stereocenters. The van der Waals surface area contributed by atoms with Crippen molar-refractivity contribution in [2.45, 2.75) is 59.8 Å². The molecule has 10 heteroatoms. The Hall–Kier alpha value is 0.0500. The maximum atomic E-state index is 12.0. The second-order valence-electron chi connectivity index (χ2n) is 7.12. The molecule has 0 heterocycles. The third-order valence-electron chi connectivity index (χ3n) is 3.02. The van der Waals surface area contributed by atoms with Crippen LogP contribution < -0.4 is 5.09 Å². The second kappa shape index (κ2) is 14.1. The number of alkyl halides is 1. The van der Waals surface area contributed by atoms with Crippen LogP contribution in [0.25, 0.3) is 0 Å². The fourth-order valence-corrected chi connectivity index (χ4v) is 3.78. The van der Waals surface area contributed by atoms with Crippen LogP contribution in [-0.4, -0.2) is 61.3 Å². The Bertz CT molecular complexity index is 446. The van der Waals surface area contributed by atoms with Gasteiger partial charge in [-0.1, -0.05) is 32.5 Å². The van der Waals surface area contributed by atoms with Crippen LogP contribution in [0.3, 0.4) is 0 Å². The van der Waals surface area contributed by atoms with Crippen molar-refractivity contribution in [2.75, 3.05) is 32.0 Å². The number of carbonyl (C=O) groups is 2. The van der Waals surface area contributed by atoms with Crippen LogP contribution in [0.1, 0.15) is 41.5 Å². The van der Waals surface area contributed by atoms with Gasteiger partial charge in [0, 0.05) is 18.3 Å². The Morgan fingerprint density at radius 1 is 1.19 bits per heavy atom. The van der Waals surface area contributed by atoms with Crippen molar-refractivity contribution in [1.29, 1.82) is 0 Å². The van der Waals surface area contributed by atoms with Crippen LogP contribution >= 0.6 is 31.9 Å². The lowest BCUT2D eigenvalue weighted by atomic mass is 10.00. The third-order valence-corrected chi connectivity index (χ3v) is 6.01. The number of halogens is 1. The summed E-state index contributed by atoms with van der Waals surface area (Å²) < 4.78 is 21.8. The Morgan fingerprint density at radius 3 is 2.30 bits per heavy atom. The van der Waals surface area contributed by atoms with Gasteiger partial charge >= 0.3 is 5.97 Å². The largest absolute Gasteiger partial charge is 0.462 e. The molecule has 27 heavy (non-hydrogen) atoms. The number of hydrogen-bond acceptors (Lipinski definition) is 8. The fraction of sp³-hybridized carbons (Fsp3) is 0.882. The molecule has 0 bridgehead atoms. The minimum absolute atomic E-state index is 0.0970. The highest BCUT2D eigenvalue weighted by atomic mass is 35.5. The number of carbonyl (C=O) groups excluding carboxylic acids is 2. The van der Waals surface area contributed by atoms with E-state index in [0.717, 1.165) is 0 Å². The van der Waals surface area contributed by atoms with Gasteiger partial charge in [-0.2, -0.15) is 0 Å². The van der Waals surface area contributed by atoms with Crippen LogP contribution in [0.2, 0.25) is 0 Å². The molecule has 0 rings (SSSR count). The molecular weight excluding hydrogens is 413 g/mol. The molecule has 1 N–H and O–H groups in total. The van der Waals surface area contributed by atoms with Crippen molar-refractivity contribution in [3.05, 3.63) is 0 Å². The molecule has 3 unspecified atom stereocenters. The molecule has 0 aromatic rings. The molecule has 0 aromatic carbocycles. The maximum Gasteiger partial charge on any atom is 0.323 e. The molecule has 0 aliphatic heterocycles. The van der Waals surface area contributed by atoms with Gasteiger partial charge in [0.05, 0.1) is 31.3 Å². The summed E-state index contributed by atoms with van der Waals surface area (Å²) in [6.07, 6.45) is -0.486. The number of methoxy groups -OCH3 is 1. The molecule has 0 aliphatic carbocycles. The summed E-state index contributed by atoms with van der Waals surface area (Å²) >= 11 is 7.01. The first-order valence-corrected chi connectivity index (χ1v) is 11.5.